The molecule has 0 aromatic heterocycles. The zero-order chi connectivity index (χ0) is 29.1. The molecule has 0 bridgehead atoms. The molecule has 2 aliphatic carbocycles. The van der Waals surface area contributed by atoms with E-state index in [9.17, 15) is 14.7 Å². The van der Waals surface area contributed by atoms with Crippen LogP contribution in [-0.2, 0) is 4.79 Å². The second-order valence-electron chi connectivity index (χ2n) is 13.0. The Hall–Kier alpha value is -3.42. The van der Waals surface area contributed by atoms with Gasteiger partial charge in [-0.25, -0.2) is 4.79 Å². The van der Waals surface area contributed by atoms with Crippen molar-refractivity contribution in [2.45, 2.75) is 89.9 Å². The quantitative estimate of drug-likeness (QED) is 0.355. The molecule has 3 fully saturated rings. The molecule has 2 aromatic carbocycles. The van der Waals surface area contributed by atoms with Crippen molar-refractivity contribution in [3.8, 4) is 11.5 Å². The molecule has 5 rings (SSSR count). The van der Waals surface area contributed by atoms with E-state index in [1.54, 1.807) is 0 Å². The molecule has 2 N–H and O–H groups in total. The number of ether oxygens (including phenoxy) is 2. The molecular formula is C33H45N3O5. The first-order chi connectivity index (χ1) is 19.6. The zero-order valence-corrected chi connectivity index (χ0v) is 24.8. The predicted molar refractivity (Wildman–Crippen MR) is 160 cm³/mol. The van der Waals surface area contributed by atoms with Crippen LogP contribution >= 0.6 is 0 Å². The van der Waals surface area contributed by atoms with E-state index in [2.05, 4.69) is 34.5 Å². The third kappa shape index (κ3) is 7.46. The van der Waals surface area contributed by atoms with Crippen LogP contribution in [0.15, 0.2) is 48.5 Å². The van der Waals surface area contributed by atoms with Crippen LogP contribution in [0, 0.1) is 11.8 Å². The lowest BCUT2D eigenvalue weighted by Crippen LogP contribution is -2.50. The number of hydrogen-bond donors (Lipinski definition) is 2. The highest BCUT2D eigenvalue weighted by atomic mass is 16.5. The van der Waals surface area contributed by atoms with Crippen LogP contribution in [0.3, 0.4) is 0 Å². The van der Waals surface area contributed by atoms with E-state index in [4.69, 9.17) is 9.47 Å². The summed E-state index contributed by atoms with van der Waals surface area (Å²) in [6, 6.07) is 16.1. The van der Waals surface area contributed by atoms with E-state index in [0.29, 0.717) is 19.3 Å². The highest BCUT2D eigenvalue weighted by molar-refractivity contribution is 5.79. The van der Waals surface area contributed by atoms with Crippen LogP contribution in [0.1, 0.15) is 77.8 Å². The number of nitrogens with zero attached hydrogens (tertiary/aromatic N) is 2. The molecule has 41 heavy (non-hydrogen) atoms. The molecule has 2 aromatic rings. The van der Waals surface area contributed by atoms with Gasteiger partial charge >= 0.3 is 6.09 Å². The average Bonchev–Trinajstić information content (AvgIpc) is 3.43. The Morgan fingerprint density at radius 1 is 1.00 bits per heavy atom. The molecule has 4 atom stereocenters. The van der Waals surface area contributed by atoms with Crippen LogP contribution in [0.5, 0.6) is 11.5 Å². The highest BCUT2D eigenvalue weighted by Gasteiger charge is 2.40. The molecule has 0 spiro atoms. The molecule has 8 nitrogen and oxygen atoms in total. The smallest absolute Gasteiger partial charge is 0.407 e. The van der Waals surface area contributed by atoms with Gasteiger partial charge in [0.15, 0.2) is 0 Å². The van der Waals surface area contributed by atoms with Crippen molar-refractivity contribution in [3.05, 3.63) is 54.1 Å². The van der Waals surface area contributed by atoms with Gasteiger partial charge in [-0.1, -0.05) is 12.1 Å². The van der Waals surface area contributed by atoms with Gasteiger partial charge in [0.1, 0.15) is 17.6 Å². The van der Waals surface area contributed by atoms with Gasteiger partial charge in [0.05, 0.1) is 19.2 Å². The first-order valence-electron chi connectivity index (χ1n) is 15.1. The Balaban J connectivity index is 1.08. The molecule has 222 valence electrons. The Kier molecular flexibility index (Phi) is 8.66. The second-order valence-corrected chi connectivity index (χ2v) is 13.0. The third-order valence-electron chi connectivity index (χ3n) is 8.64. The Morgan fingerprint density at radius 3 is 2.32 bits per heavy atom. The number of anilines is 1. The summed E-state index contributed by atoms with van der Waals surface area (Å²) >= 11 is 0. The lowest BCUT2D eigenvalue weighted by molar-refractivity contribution is -0.125. The number of rotatable bonds is 10. The normalized spacial score (nSPS) is 23.2. The molecule has 3 aliphatic rings. The fourth-order valence-corrected chi connectivity index (χ4v) is 6.17. The van der Waals surface area contributed by atoms with Gasteiger partial charge in [0, 0.05) is 36.2 Å². The van der Waals surface area contributed by atoms with E-state index in [1.165, 1.54) is 23.4 Å². The van der Waals surface area contributed by atoms with Crippen LogP contribution in [0.4, 0.5) is 10.5 Å². The van der Waals surface area contributed by atoms with Crippen molar-refractivity contribution >= 4 is 17.7 Å². The third-order valence-corrected chi connectivity index (χ3v) is 8.64. The summed E-state index contributed by atoms with van der Waals surface area (Å²) in [5.41, 5.74) is 1.71. The molecule has 0 radical (unpaired) electrons. The molecule has 1 saturated heterocycles. The van der Waals surface area contributed by atoms with Crippen LogP contribution < -0.4 is 19.7 Å². The van der Waals surface area contributed by atoms with Gasteiger partial charge in [0.25, 0.3) is 0 Å². The van der Waals surface area contributed by atoms with Crippen molar-refractivity contribution in [2.75, 3.05) is 24.6 Å². The summed E-state index contributed by atoms with van der Waals surface area (Å²) in [5, 5.41) is 12.9. The Labute approximate surface area is 244 Å². The standard InChI is InChI=1S/C33H45N3O5/c1-22(34-31(37)25-7-10-27(19-25)36(32(38)39)33(2,3)4)24-8-13-29(14-9-24)41-30-17-18-35(20-30)26-11-15-28(16-12-26)40-21-23-5-6-23/h8-9,11-16,22-23,25,27,30H,5-7,10,17-21H2,1-4H3,(H,34,37)(H,38,39)/t22?,25-,27?,30?/m0/s1. The van der Waals surface area contributed by atoms with Gasteiger partial charge in [0.2, 0.25) is 5.91 Å². The minimum absolute atomic E-state index is 0.00636. The van der Waals surface area contributed by atoms with E-state index < -0.39 is 11.6 Å². The molecule has 1 aliphatic heterocycles. The zero-order valence-electron chi connectivity index (χ0n) is 24.8. The van der Waals surface area contributed by atoms with E-state index in [0.717, 1.165) is 49.1 Å². The van der Waals surface area contributed by atoms with Gasteiger partial charge in [-0.2, -0.15) is 0 Å². The molecule has 2 amide bonds. The van der Waals surface area contributed by atoms with Crippen LogP contribution in [-0.4, -0.2) is 59.4 Å². The summed E-state index contributed by atoms with van der Waals surface area (Å²) < 4.78 is 12.2. The topological polar surface area (TPSA) is 91.3 Å². The molecule has 1 heterocycles. The number of carboxylic acid groups (broad SMARTS) is 1. The summed E-state index contributed by atoms with van der Waals surface area (Å²) in [7, 11) is 0. The van der Waals surface area contributed by atoms with Gasteiger partial charge in [-0.05, 0) is 108 Å². The highest BCUT2D eigenvalue weighted by Crippen LogP contribution is 2.34. The predicted octanol–water partition coefficient (Wildman–Crippen LogP) is 6.26. The van der Waals surface area contributed by atoms with Gasteiger partial charge < -0.3 is 29.7 Å². The number of nitrogens with one attached hydrogen (secondary N) is 1. The lowest BCUT2D eigenvalue weighted by atomic mass is 10.0. The van der Waals surface area contributed by atoms with Crippen molar-refractivity contribution in [2.24, 2.45) is 11.8 Å². The maximum absolute atomic E-state index is 13.0. The second kappa shape index (κ2) is 12.2. The van der Waals surface area contributed by atoms with Crippen molar-refractivity contribution in [1.82, 2.24) is 10.2 Å². The average molecular weight is 564 g/mol. The van der Waals surface area contributed by atoms with Crippen LogP contribution in [0.2, 0.25) is 0 Å². The lowest BCUT2D eigenvalue weighted by Gasteiger charge is -2.38. The fourth-order valence-electron chi connectivity index (χ4n) is 6.17. The first-order valence-corrected chi connectivity index (χ1v) is 15.1. The Bertz CT molecular complexity index is 1190. The molecule has 8 heteroatoms. The minimum Gasteiger partial charge on any atom is -0.493 e. The first kappa shape index (κ1) is 29.1. The number of benzene rings is 2. The van der Waals surface area contributed by atoms with Crippen molar-refractivity contribution in [3.63, 3.8) is 0 Å². The van der Waals surface area contributed by atoms with Gasteiger partial charge in [-0.3, -0.25) is 4.79 Å². The van der Waals surface area contributed by atoms with Crippen LogP contribution in [0.25, 0.3) is 0 Å². The molecular weight excluding hydrogens is 518 g/mol. The van der Waals surface area contributed by atoms with Crippen molar-refractivity contribution < 1.29 is 24.2 Å². The van der Waals surface area contributed by atoms with Gasteiger partial charge in [-0.15, -0.1) is 0 Å². The SMILES string of the molecule is CC(NC(=O)[C@H]1CCC(N(C(=O)O)C(C)(C)C)C1)c1ccc(OC2CCN(c3ccc(OCC4CC4)cc3)C2)cc1. The summed E-state index contributed by atoms with van der Waals surface area (Å²) in [6.07, 6.45) is 4.72. The fraction of sp³-hybridized carbons (Fsp3) is 0.576. The van der Waals surface area contributed by atoms with E-state index in [-0.39, 0.29) is 30.0 Å². The minimum atomic E-state index is -0.923. The van der Waals surface area contributed by atoms with Crippen molar-refractivity contribution in [1.29, 1.82) is 0 Å². The molecule has 2 saturated carbocycles. The van der Waals surface area contributed by atoms with E-state index >= 15 is 0 Å². The largest absolute Gasteiger partial charge is 0.493 e. The summed E-state index contributed by atoms with van der Waals surface area (Å²) in [4.78, 5) is 28.7. The summed E-state index contributed by atoms with van der Waals surface area (Å²) in [5.74, 6) is 2.34. The number of carbonyl (C=O) groups excluding carboxylic acids is 1. The number of carbonyl (C=O) groups is 2. The maximum atomic E-state index is 13.0. The molecule has 3 unspecified atom stereocenters. The van der Waals surface area contributed by atoms with E-state index in [1.807, 2.05) is 52.0 Å². The maximum Gasteiger partial charge on any atom is 0.407 e. The monoisotopic (exact) mass is 563 g/mol. The summed E-state index contributed by atoms with van der Waals surface area (Å²) in [6.45, 7) is 10.3. The number of hydrogen-bond acceptors (Lipinski definition) is 5. The Morgan fingerprint density at radius 2 is 1.68 bits per heavy atom. The number of amides is 2.